The van der Waals surface area contributed by atoms with Gasteiger partial charge in [0.2, 0.25) is 5.91 Å². The van der Waals surface area contributed by atoms with Gasteiger partial charge in [-0.25, -0.2) is 0 Å². The molecule has 1 unspecified atom stereocenters. The van der Waals surface area contributed by atoms with E-state index in [1.807, 2.05) is 6.07 Å². The second-order valence-electron chi connectivity index (χ2n) is 5.08. The smallest absolute Gasteiger partial charge is 0.249 e. The number of benzene rings is 1. The highest BCUT2D eigenvalue weighted by Crippen LogP contribution is 2.25. The third-order valence-corrected chi connectivity index (χ3v) is 3.69. The van der Waals surface area contributed by atoms with Crippen molar-refractivity contribution in [3.05, 3.63) is 29.3 Å². The Bertz CT molecular complexity index is 466. The minimum Gasteiger partial charge on any atom is -0.493 e. The molecular formula is C15H19NO3. The zero-order valence-electron chi connectivity index (χ0n) is 11.0. The van der Waals surface area contributed by atoms with Crippen LogP contribution in [0.5, 0.6) is 5.75 Å². The van der Waals surface area contributed by atoms with Crippen LogP contribution in [-0.4, -0.2) is 31.8 Å². The Labute approximate surface area is 113 Å². The first kappa shape index (κ1) is 12.5. The molecule has 1 saturated heterocycles. The van der Waals surface area contributed by atoms with Crippen molar-refractivity contribution >= 4 is 5.91 Å². The summed E-state index contributed by atoms with van der Waals surface area (Å²) in [5, 5.41) is 2.95. The van der Waals surface area contributed by atoms with Gasteiger partial charge in [0.1, 0.15) is 11.9 Å². The van der Waals surface area contributed by atoms with Gasteiger partial charge in [-0.1, -0.05) is 12.1 Å². The van der Waals surface area contributed by atoms with Gasteiger partial charge in [0, 0.05) is 19.6 Å². The topological polar surface area (TPSA) is 47.6 Å². The third-order valence-electron chi connectivity index (χ3n) is 3.69. The molecule has 0 radical (unpaired) electrons. The summed E-state index contributed by atoms with van der Waals surface area (Å²) in [6.45, 7) is 2.16. The molecule has 1 N–H and O–H groups in total. The van der Waals surface area contributed by atoms with E-state index in [2.05, 4.69) is 17.4 Å². The molecule has 1 aromatic carbocycles. The van der Waals surface area contributed by atoms with Crippen LogP contribution < -0.4 is 10.1 Å². The Balaban J connectivity index is 1.48. The molecule has 2 aliphatic rings. The molecule has 2 aliphatic heterocycles. The van der Waals surface area contributed by atoms with Gasteiger partial charge in [-0.05, 0) is 36.5 Å². The van der Waals surface area contributed by atoms with Crippen LogP contribution in [0.1, 0.15) is 24.0 Å². The molecule has 2 heterocycles. The van der Waals surface area contributed by atoms with E-state index in [4.69, 9.17) is 9.47 Å². The van der Waals surface area contributed by atoms with Crippen molar-refractivity contribution < 1.29 is 14.3 Å². The Hall–Kier alpha value is -1.55. The van der Waals surface area contributed by atoms with Crippen LogP contribution in [0.25, 0.3) is 0 Å². The number of ether oxygens (including phenoxy) is 2. The summed E-state index contributed by atoms with van der Waals surface area (Å²) < 4.78 is 10.8. The number of hydrogen-bond donors (Lipinski definition) is 1. The third kappa shape index (κ3) is 2.89. The first-order valence-electron chi connectivity index (χ1n) is 6.97. The van der Waals surface area contributed by atoms with E-state index in [1.54, 1.807) is 0 Å². The number of hydrogen-bond acceptors (Lipinski definition) is 3. The summed E-state index contributed by atoms with van der Waals surface area (Å²) in [6, 6.07) is 6.28. The summed E-state index contributed by atoms with van der Waals surface area (Å²) in [6.07, 6.45) is 3.45. The lowest BCUT2D eigenvalue weighted by Gasteiger charge is -2.10. The minimum absolute atomic E-state index is 0.0296. The maximum Gasteiger partial charge on any atom is 0.249 e. The number of nitrogens with one attached hydrogen (secondary N) is 1. The predicted molar refractivity (Wildman–Crippen MR) is 71.3 cm³/mol. The molecule has 0 aliphatic carbocycles. The van der Waals surface area contributed by atoms with Crippen molar-refractivity contribution in [3.63, 3.8) is 0 Å². The van der Waals surface area contributed by atoms with Crippen LogP contribution >= 0.6 is 0 Å². The van der Waals surface area contributed by atoms with Gasteiger partial charge in [-0.2, -0.15) is 0 Å². The maximum absolute atomic E-state index is 11.8. The molecule has 1 aromatic rings. The van der Waals surface area contributed by atoms with Crippen LogP contribution in [0.3, 0.4) is 0 Å². The Morgan fingerprint density at radius 2 is 2.32 bits per heavy atom. The second kappa shape index (κ2) is 5.61. The van der Waals surface area contributed by atoms with Gasteiger partial charge in [-0.15, -0.1) is 0 Å². The minimum atomic E-state index is -0.228. The highest BCUT2D eigenvalue weighted by molar-refractivity contribution is 5.80. The van der Waals surface area contributed by atoms with E-state index in [0.717, 1.165) is 38.0 Å². The van der Waals surface area contributed by atoms with E-state index < -0.39 is 0 Å². The summed E-state index contributed by atoms with van der Waals surface area (Å²) in [5.74, 6) is 1.04. The molecule has 4 nitrogen and oxygen atoms in total. The molecule has 0 bridgehead atoms. The summed E-state index contributed by atoms with van der Waals surface area (Å²) >= 11 is 0. The zero-order chi connectivity index (χ0) is 13.1. The predicted octanol–water partition coefficient (Wildman–Crippen LogP) is 1.46. The average molecular weight is 261 g/mol. The van der Waals surface area contributed by atoms with Gasteiger partial charge < -0.3 is 14.8 Å². The highest BCUT2D eigenvalue weighted by atomic mass is 16.5. The van der Waals surface area contributed by atoms with E-state index in [9.17, 15) is 4.79 Å². The van der Waals surface area contributed by atoms with Gasteiger partial charge in [0.05, 0.1) is 6.61 Å². The monoisotopic (exact) mass is 261 g/mol. The second-order valence-corrected chi connectivity index (χ2v) is 5.08. The van der Waals surface area contributed by atoms with Gasteiger partial charge in [0.15, 0.2) is 0 Å². The van der Waals surface area contributed by atoms with E-state index in [-0.39, 0.29) is 12.0 Å². The van der Waals surface area contributed by atoms with Gasteiger partial charge in [-0.3, -0.25) is 4.79 Å². The normalized spacial score (nSPS) is 20.9. The van der Waals surface area contributed by atoms with Crippen molar-refractivity contribution in [1.29, 1.82) is 0 Å². The van der Waals surface area contributed by atoms with Gasteiger partial charge in [0.25, 0.3) is 0 Å². The van der Waals surface area contributed by atoms with Crippen molar-refractivity contribution in [2.45, 2.75) is 31.8 Å². The van der Waals surface area contributed by atoms with Crippen LogP contribution in [0.15, 0.2) is 18.2 Å². The number of rotatable bonds is 4. The van der Waals surface area contributed by atoms with E-state index in [0.29, 0.717) is 13.2 Å². The van der Waals surface area contributed by atoms with Gasteiger partial charge >= 0.3 is 0 Å². The number of carbonyl (C=O) groups is 1. The van der Waals surface area contributed by atoms with Crippen molar-refractivity contribution in [2.24, 2.45) is 0 Å². The number of fused-ring (bicyclic) bond motifs is 1. The molecule has 1 amide bonds. The molecule has 1 fully saturated rings. The van der Waals surface area contributed by atoms with E-state index in [1.165, 1.54) is 11.1 Å². The SMILES string of the molecule is O=C(NCCc1ccc2c(c1)CCO2)C1CCCO1. The highest BCUT2D eigenvalue weighted by Gasteiger charge is 2.22. The van der Waals surface area contributed by atoms with Crippen LogP contribution in [-0.2, 0) is 22.4 Å². The molecule has 3 rings (SSSR count). The van der Waals surface area contributed by atoms with Crippen molar-refractivity contribution in [1.82, 2.24) is 5.32 Å². The molecule has 0 spiro atoms. The fraction of sp³-hybridized carbons (Fsp3) is 0.533. The zero-order valence-corrected chi connectivity index (χ0v) is 11.0. The van der Waals surface area contributed by atoms with E-state index >= 15 is 0 Å². The summed E-state index contributed by atoms with van der Waals surface area (Å²) in [4.78, 5) is 11.8. The summed E-state index contributed by atoms with van der Waals surface area (Å²) in [5.41, 5.74) is 2.53. The molecule has 0 aromatic heterocycles. The molecule has 1 atom stereocenters. The molecule has 4 heteroatoms. The largest absolute Gasteiger partial charge is 0.493 e. The number of carbonyl (C=O) groups excluding carboxylic acids is 1. The Kier molecular flexibility index (Phi) is 3.69. The lowest BCUT2D eigenvalue weighted by Crippen LogP contribution is -2.35. The average Bonchev–Trinajstić information content (AvgIpc) is 3.09. The fourth-order valence-corrected chi connectivity index (χ4v) is 2.62. The van der Waals surface area contributed by atoms with Crippen LogP contribution in [0.2, 0.25) is 0 Å². The lowest BCUT2D eigenvalue weighted by molar-refractivity contribution is -0.129. The first-order chi connectivity index (χ1) is 9.33. The van der Waals surface area contributed by atoms with Crippen molar-refractivity contribution in [3.8, 4) is 5.75 Å². The Morgan fingerprint density at radius 3 is 3.16 bits per heavy atom. The van der Waals surface area contributed by atoms with Crippen LogP contribution in [0, 0.1) is 0 Å². The molecule has 0 saturated carbocycles. The first-order valence-corrected chi connectivity index (χ1v) is 6.97. The Morgan fingerprint density at radius 1 is 1.37 bits per heavy atom. The quantitative estimate of drug-likeness (QED) is 0.892. The molecule has 102 valence electrons. The lowest BCUT2D eigenvalue weighted by atomic mass is 10.1. The molecular weight excluding hydrogens is 242 g/mol. The van der Waals surface area contributed by atoms with Crippen molar-refractivity contribution in [2.75, 3.05) is 19.8 Å². The van der Waals surface area contributed by atoms with Crippen LogP contribution in [0.4, 0.5) is 0 Å². The number of amides is 1. The molecule has 19 heavy (non-hydrogen) atoms. The fourth-order valence-electron chi connectivity index (χ4n) is 2.62. The standard InChI is InChI=1S/C15H19NO3/c17-15(14-2-1-8-18-14)16-7-5-11-3-4-13-12(10-11)6-9-19-13/h3-4,10,14H,1-2,5-9H2,(H,16,17). The maximum atomic E-state index is 11.8. The summed E-state index contributed by atoms with van der Waals surface area (Å²) in [7, 11) is 0.